The molecule has 0 N–H and O–H groups in total. The fraction of sp³-hybridized carbons (Fsp3) is 0. The van der Waals surface area contributed by atoms with E-state index in [1.54, 1.807) is 6.07 Å². The fourth-order valence-electron chi connectivity index (χ4n) is 0.807. The lowest BCUT2D eigenvalue weighted by Crippen LogP contribution is -1.75. The number of aromatic nitrogens is 2. The maximum absolute atomic E-state index is 5.90. The smallest absolute Gasteiger partial charge is 0.203 e. The first kappa shape index (κ1) is 9.68. The number of halogens is 3. The summed E-state index contributed by atoms with van der Waals surface area (Å²) in [5.74, 6) is 0.531. The number of hydrogen-bond donors (Lipinski definition) is 0. The van der Waals surface area contributed by atoms with Crippen LogP contribution in [0.4, 0.5) is 0 Å². The molecule has 0 aliphatic heterocycles. The van der Waals surface area contributed by atoms with E-state index in [1.807, 2.05) is 0 Å². The molecule has 0 aliphatic rings. The maximum atomic E-state index is 5.90. The fourth-order valence-corrected chi connectivity index (χ4v) is 2.87. The summed E-state index contributed by atoms with van der Waals surface area (Å²) in [7, 11) is 0. The summed E-state index contributed by atoms with van der Waals surface area (Å²) in [6.07, 6.45) is 0. The first-order chi connectivity index (χ1) is 6.16. The van der Waals surface area contributed by atoms with Crippen LogP contribution in [0, 0.1) is 0 Å². The molecule has 0 radical (unpaired) electrons. The quantitative estimate of drug-likeness (QED) is 0.776. The molecular formula is C6HCl3N2S2. The van der Waals surface area contributed by atoms with Crippen LogP contribution in [0.5, 0.6) is 0 Å². The third kappa shape index (κ3) is 1.97. The Morgan fingerprint density at radius 2 is 2.00 bits per heavy atom. The van der Waals surface area contributed by atoms with E-state index in [0.29, 0.717) is 19.0 Å². The van der Waals surface area contributed by atoms with Crippen LogP contribution in [-0.4, -0.2) is 9.36 Å². The van der Waals surface area contributed by atoms with Crippen LogP contribution in [0.3, 0.4) is 0 Å². The Morgan fingerprint density at radius 3 is 2.46 bits per heavy atom. The number of nitrogens with zero attached hydrogens (tertiary/aromatic N) is 2. The first-order valence-corrected chi connectivity index (χ1v) is 5.83. The van der Waals surface area contributed by atoms with Crippen molar-refractivity contribution in [1.82, 2.24) is 9.36 Å². The van der Waals surface area contributed by atoms with Gasteiger partial charge in [0.05, 0.1) is 9.90 Å². The van der Waals surface area contributed by atoms with Crippen molar-refractivity contribution in [1.29, 1.82) is 0 Å². The zero-order valence-electron chi connectivity index (χ0n) is 5.92. The van der Waals surface area contributed by atoms with Crippen molar-refractivity contribution in [3.63, 3.8) is 0 Å². The van der Waals surface area contributed by atoms with E-state index < -0.39 is 0 Å². The summed E-state index contributed by atoms with van der Waals surface area (Å²) >= 11 is 19.7. The molecule has 2 aromatic rings. The highest BCUT2D eigenvalue weighted by Gasteiger charge is 2.12. The maximum Gasteiger partial charge on any atom is 0.203 e. The van der Waals surface area contributed by atoms with Gasteiger partial charge in [0.1, 0.15) is 4.34 Å². The highest BCUT2D eigenvalue weighted by Crippen LogP contribution is 2.37. The molecule has 2 aromatic heterocycles. The Balaban J connectivity index is 2.51. The van der Waals surface area contributed by atoms with Crippen molar-refractivity contribution in [2.24, 2.45) is 0 Å². The average molecular weight is 272 g/mol. The molecule has 0 saturated heterocycles. The third-order valence-corrected chi connectivity index (χ3v) is 3.58. The molecular weight excluding hydrogens is 271 g/mol. The third-order valence-electron chi connectivity index (χ3n) is 1.30. The Hall–Kier alpha value is 0.130. The molecule has 0 atom stereocenters. The van der Waals surface area contributed by atoms with Crippen molar-refractivity contribution in [3.8, 4) is 11.4 Å². The van der Waals surface area contributed by atoms with Crippen LogP contribution in [0.1, 0.15) is 0 Å². The standard InChI is InChI=1S/C6HCl3N2S2/c7-3-1-2(4(8)12-3)5-10-6(9)13-11-5/h1H. The molecule has 2 rings (SSSR count). The van der Waals surface area contributed by atoms with Crippen molar-refractivity contribution in [3.05, 3.63) is 19.2 Å². The molecule has 0 saturated carbocycles. The monoisotopic (exact) mass is 270 g/mol. The summed E-state index contributed by atoms with van der Waals surface area (Å²) < 4.78 is 5.62. The SMILES string of the molecule is Clc1cc(-c2nsc(Cl)n2)c(Cl)s1. The average Bonchev–Trinajstić information content (AvgIpc) is 2.58. The van der Waals surface area contributed by atoms with Gasteiger partial charge in [-0.2, -0.15) is 4.37 Å². The molecule has 0 aromatic carbocycles. The van der Waals surface area contributed by atoms with Crippen LogP contribution < -0.4 is 0 Å². The van der Waals surface area contributed by atoms with Crippen LogP contribution in [0.2, 0.25) is 13.1 Å². The van der Waals surface area contributed by atoms with Gasteiger partial charge >= 0.3 is 0 Å². The van der Waals surface area contributed by atoms with Crippen LogP contribution in [0.25, 0.3) is 11.4 Å². The Morgan fingerprint density at radius 1 is 1.23 bits per heavy atom. The molecule has 68 valence electrons. The molecule has 0 spiro atoms. The van der Waals surface area contributed by atoms with Gasteiger partial charge in [-0.3, -0.25) is 0 Å². The highest BCUT2D eigenvalue weighted by molar-refractivity contribution is 7.20. The van der Waals surface area contributed by atoms with Crippen molar-refractivity contribution < 1.29 is 0 Å². The van der Waals surface area contributed by atoms with E-state index in [-0.39, 0.29) is 0 Å². The number of rotatable bonds is 1. The van der Waals surface area contributed by atoms with Crippen LogP contribution in [0.15, 0.2) is 6.07 Å². The second-order valence-corrected chi connectivity index (χ2v) is 5.73. The Labute approximate surface area is 97.3 Å². The zero-order valence-corrected chi connectivity index (χ0v) is 9.82. The number of hydrogen-bond acceptors (Lipinski definition) is 4. The lowest BCUT2D eigenvalue weighted by molar-refractivity contribution is 1.33. The second kappa shape index (κ2) is 3.71. The number of thiophene rings is 1. The van der Waals surface area contributed by atoms with Crippen LogP contribution in [-0.2, 0) is 0 Å². The molecule has 0 bridgehead atoms. The summed E-state index contributed by atoms with van der Waals surface area (Å²) in [6, 6.07) is 1.73. The Kier molecular flexibility index (Phi) is 2.76. The van der Waals surface area contributed by atoms with E-state index in [4.69, 9.17) is 34.8 Å². The van der Waals surface area contributed by atoms with Crippen molar-refractivity contribution in [2.75, 3.05) is 0 Å². The van der Waals surface area contributed by atoms with Gasteiger partial charge in [0.2, 0.25) is 4.47 Å². The van der Waals surface area contributed by atoms with E-state index in [9.17, 15) is 0 Å². The summed E-state index contributed by atoms with van der Waals surface area (Å²) in [5, 5.41) is 0. The van der Waals surface area contributed by atoms with Gasteiger partial charge < -0.3 is 0 Å². The molecule has 2 heterocycles. The summed E-state index contributed by atoms with van der Waals surface area (Å²) in [6.45, 7) is 0. The molecule has 2 nitrogen and oxygen atoms in total. The van der Waals surface area contributed by atoms with Gasteiger partial charge in [-0.1, -0.05) is 23.2 Å². The summed E-state index contributed by atoms with van der Waals surface area (Å²) in [5.41, 5.74) is 0.736. The summed E-state index contributed by atoms with van der Waals surface area (Å²) in [4.78, 5) is 3.99. The van der Waals surface area contributed by atoms with E-state index in [2.05, 4.69) is 9.36 Å². The van der Waals surface area contributed by atoms with Gasteiger partial charge in [-0.05, 0) is 29.2 Å². The first-order valence-electron chi connectivity index (χ1n) is 3.11. The van der Waals surface area contributed by atoms with Gasteiger partial charge in [-0.15, -0.1) is 11.3 Å². The van der Waals surface area contributed by atoms with Gasteiger partial charge in [0.25, 0.3) is 0 Å². The lowest BCUT2D eigenvalue weighted by atomic mass is 10.3. The predicted molar refractivity (Wildman–Crippen MR) is 58.3 cm³/mol. The second-order valence-electron chi connectivity index (χ2n) is 2.11. The molecule has 0 amide bonds. The topological polar surface area (TPSA) is 25.8 Å². The minimum atomic E-state index is 0.397. The minimum Gasteiger partial charge on any atom is -0.203 e. The van der Waals surface area contributed by atoms with Gasteiger partial charge in [0, 0.05) is 0 Å². The van der Waals surface area contributed by atoms with Gasteiger partial charge in [-0.25, -0.2) is 4.98 Å². The lowest BCUT2D eigenvalue weighted by Gasteiger charge is -1.87. The Bertz CT molecular complexity index is 437. The minimum absolute atomic E-state index is 0.397. The molecule has 0 unspecified atom stereocenters. The van der Waals surface area contributed by atoms with E-state index >= 15 is 0 Å². The van der Waals surface area contributed by atoms with Crippen molar-refractivity contribution in [2.45, 2.75) is 0 Å². The van der Waals surface area contributed by atoms with Gasteiger partial charge in [0.15, 0.2) is 5.82 Å². The van der Waals surface area contributed by atoms with Crippen LogP contribution >= 0.6 is 57.7 Å². The normalized spacial score (nSPS) is 10.7. The van der Waals surface area contributed by atoms with E-state index in [1.165, 1.54) is 11.3 Å². The highest BCUT2D eigenvalue weighted by atomic mass is 35.5. The molecule has 7 heteroatoms. The molecule has 13 heavy (non-hydrogen) atoms. The predicted octanol–water partition coefficient (Wildman–Crippen LogP) is 4.23. The van der Waals surface area contributed by atoms with Crippen molar-refractivity contribution >= 4 is 57.7 Å². The zero-order chi connectivity index (χ0) is 9.42. The van der Waals surface area contributed by atoms with E-state index in [0.717, 1.165) is 17.1 Å². The largest absolute Gasteiger partial charge is 0.203 e. The molecule has 0 aliphatic carbocycles. The molecule has 0 fully saturated rings.